The maximum absolute atomic E-state index is 11.9. The highest BCUT2D eigenvalue weighted by molar-refractivity contribution is 5.78. The summed E-state index contributed by atoms with van der Waals surface area (Å²) < 4.78 is 0. The fourth-order valence-electron chi connectivity index (χ4n) is 2.51. The van der Waals surface area contributed by atoms with Crippen LogP contribution in [-0.2, 0) is 16.1 Å². The Bertz CT molecular complexity index is 496. The highest BCUT2D eigenvalue weighted by Gasteiger charge is 2.30. The van der Waals surface area contributed by atoms with Gasteiger partial charge in [0.15, 0.2) is 0 Å². The summed E-state index contributed by atoms with van der Waals surface area (Å²) in [4.78, 5) is 23.1. The largest absolute Gasteiger partial charge is 0.481 e. The molecule has 1 aromatic rings. The van der Waals surface area contributed by atoms with Gasteiger partial charge < -0.3 is 10.4 Å². The van der Waals surface area contributed by atoms with E-state index < -0.39 is 11.9 Å². The lowest BCUT2D eigenvalue weighted by Gasteiger charge is -2.24. The molecular formula is C16H19NO3. The van der Waals surface area contributed by atoms with Crippen LogP contribution in [0.4, 0.5) is 0 Å². The average molecular weight is 273 g/mol. The smallest absolute Gasteiger partial charge is 0.307 e. The molecule has 20 heavy (non-hydrogen) atoms. The molecule has 0 saturated carbocycles. The molecule has 1 aliphatic rings. The van der Waals surface area contributed by atoms with Crippen molar-refractivity contribution in [1.82, 2.24) is 5.32 Å². The molecule has 2 atom stereocenters. The Kier molecular flexibility index (Phi) is 4.93. The zero-order valence-electron chi connectivity index (χ0n) is 11.3. The van der Waals surface area contributed by atoms with Crippen molar-refractivity contribution < 1.29 is 14.7 Å². The summed E-state index contributed by atoms with van der Waals surface area (Å²) in [5.41, 5.74) is 1.04. The summed E-state index contributed by atoms with van der Waals surface area (Å²) in [6.07, 6.45) is 5.31. The van der Waals surface area contributed by atoms with Crippen LogP contribution in [0, 0.1) is 11.8 Å². The number of carbonyl (C=O) groups excluding carboxylic acids is 1. The van der Waals surface area contributed by atoms with E-state index in [1.807, 2.05) is 42.5 Å². The Morgan fingerprint density at radius 1 is 1.15 bits per heavy atom. The highest BCUT2D eigenvalue weighted by atomic mass is 16.4. The van der Waals surface area contributed by atoms with Crippen LogP contribution in [0.2, 0.25) is 0 Å². The lowest BCUT2D eigenvalue weighted by atomic mass is 9.81. The molecule has 1 aromatic carbocycles. The molecular weight excluding hydrogens is 254 g/mol. The third kappa shape index (κ3) is 3.95. The predicted octanol–water partition coefficient (Wildman–Crippen LogP) is 2.36. The molecule has 2 rings (SSSR count). The van der Waals surface area contributed by atoms with Gasteiger partial charge in [0, 0.05) is 13.0 Å². The number of allylic oxidation sites excluding steroid dienone is 2. The third-order valence-corrected chi connectivity index (χ3v) is 3.66. The first-order chi connectivity index (χ1) is 9.66. The van der Waals surface area contributed by atoms with Gasteiger partial charge in [-0.25, -0.2) is 0 Å². The quantitative estimate of drug-likeness (QED) is 0.809. The molecule has 1 amide bonds. The van der Waals surface area contributed by atoms with Gasteiger partial charge in [0.1, 0.15) is 0 Å². The third-order valence-electron chi connectivity index (χ3n) is 3.66. The van der Waals surface area contributed by atoms with Crippen molar-refractivity contribution in [3.63, 3.8) is 0 Å². The van der Waals surface area contributed by atoms with E-state index in [2.05, 4.69) is 5.32 Å². The monoisotopic (exact) mass is 273 g/mol. The molecule has 0 saturated heterocycles. The van der Waals surface area contributed by atoms with E-state index in [0.29, 0.717) is 19.4 Å². The molecule has 4 heteroatoms. The second-order valence-electron chi connectivity index (χ2n) is 5.11. The Balaban J connectivity index is 1.84. The number of carbonyl (C=O) groups is 2. The number of hydrogen-bond acceptors (Lipinski definition) is 2. The van der Waals surface area contributed by atoms with Crippen molar-refractivity contribution in [2.75, 3.05) is 0 Å². The zero-order valence-corrected chi connectivity index (χ0v) is 11.3. The first-order valence-electron chi connectivity index (χ1n) is 6.85. The van der Waals surface area contributed by atoms with E-state index in [1.54, 1.807) is 0 Å². The number of carboxylic acid groups (broad SMARTS) is 1. The first-order valence-corrected chi connectivity index (χ1v) is 6.85. The van der Waals surface area contributed by atoms with Gasteiger partial charge in [-0.1, -0.05) is 42.5 Å². The average Bonchev–Trinajstić information content (AvgIpc) is 2.46. The number of amides is 1. The fourth-order valence-corrected chi connectivity index (χ4v) is 2.51. The second-order valence-corrected chi connectivity index (χ2v) is 5.11. The van der Waals surface area contributed by atoms with E-state index in [-0.39, 0.29) is 18.2 Å². The topological polar surface area (TPSA) is 66.4 Å². The minimum Gasteiger partial charge on any atom is -0.481 e. The summed E-state index contributed by atoms with van der Waals surface area (Å²) in [6.45, 7) is 0.486. The molecule has 0 aliphatic heterocycles. The van der Waals surface area contributed by atoms with Gasteiger partial charge in [-0.3, -0.25) is 9.59 Å². The van der Waals surface area contributed by atoms with E-state index in [9.17, 15) is 9.59 Å². The Morgan fingerprint density at radius 2 is 1.85 bits per heavy atom. The first kappa shape index (κ1) is 14.3. The molecule has 0 bridgehead atoms. The Morgan fingerprint density at radius 3 is 2.55 bits per heavy atom. The van der Waals surface area contributed by atoms with Crippen molar-refractivity contribution in [3.05, 3.63) is 48.0 Å². The lowest BCUT2D eigenvalue weighted by molar-refractivity contribution is -0.144. The van der Waals surface area contributed by atoms with Crippen LogP contribution in [0.3, 0.4) is 0 Å². The van der Waals surface area contributed by atoms with Crippen molar-refractivity contribution in [2.24, 2.45) is 11.8 Å². The number of aliphatic carboxylic acids is 1. The van der Waals surface area contributed by atoms with Crippen LogP contribution in [0.5, 0.6) is 0 Å². The minimum atomic E-state index is -0.810. The number of nitrogens with one attached hydrogen (secondary N) is 1. The normalized spacial score (nSPS) is 21.4. The molecule has 0 spiro atoms. The van der Waals surface area contributed by atoms with Crippen LogP contribution in [0.15, 0.2) is 42.5 Å². The number of rotatable bonds is 5. The van der Waals surface area contributed by atoms with Gasteiger partial charge in [0.2, 0.25) is 5.91 Å². The van der Waals surface area contributed by atoms with E-state index >= 15 is 0 Å². The molecule has 106 valence electrons. The number of benzene rings is 1. The van der Waals surface area contributed by atoms with Gasteiger partial charge in [-0.15, -0.1) is 0 Å². The fraction of sp³-hybridized carbons (Fsp3) is 0.375. The van der Waals surface area contributed by atoms with Crippen molar-refractivity contribution >= 4 is 11.9 Å². The van der Waals surface area contributed by atoms with Crippen molar-refractivity contribution in [2.45, 2.75) is 25.8 Å². The highest BCUT2D eigenvalue weighted by Crippen LogP contribution is 2.28. The summed E-state index contributed by atoms with van der Waals surface area (Å²) in [5.74, 6) is -1.44. The summed E-state index contributed by atoms with van der Waals surface area (Å²) >= 11 is 0. The SMILES string of the molecule is O=C(CC1CC=CCC1C(=O)O)NCc1ccccc1. The van der Waals surface area contributed by atoms with E-state index in [0.717, 1.165) is 5.56 Å². The Hall–Kier alpha value is -2.10. The molecule has 2 N–H and O–H groups in total. The molecule has 0 radical (unpaired) electrons. The van der Waals surface area contributed by atoms with Crippen LogP contribution >= 0.6 is 0 Å². The maximum atomic E-state index is 11.9. The number of carboxylic acids is 1. The summed E-state index contributed by atoms with van der Waals surface area (Å²) in [7, 11) is 0. The maximum Gasteiger partial charge on any atom is 0.307 e. The molecule has 2 unspecified atom stereocenters. The second kappa shape index (κ2) is 6.89. The minimum absolute atomic E-state index is 0.0830. The van der Waals surface area contributed by atoms with Crippen molar-refractivity contribution in [1.29, 1.82) is 0 Å². The van der Waals surface area contributed by atoms with Crippen LogP contribution < -0.4 is 5.32 Å². The lowest BCUT2D eigenvalue weighted by Crippen LogP contribution is -2.31. The number of hydrogen-bond donors (Lipinski definition) is 2. The summed E-state index contributed by atoms with van der Waals surface area (Å²) in [5, 5.41) is 12.0. The molecule has 1 aliphatic carbocycles. The standard InChI is InChI=1S/C16H19NO3/c18-15(17-11-12-6-2-1-3-7-12)10-13-8-4-5-9-14(13)16(19)20/h1-7,13-14H,8-11H2,(H,17,18)(H,19,20). The zero-order chi connectivity index (χ0) is 14.4. The van der Waals surface area contributed by atoms with Crippen LogP contribution in [0.1, 0.15) is 24.8 Å². The van der Waals surface area contributed by atoms with E-state index in [1.165, 1.54) is 0 Å². The molecule has 0 aromatic heterocycles. The summed E-state index contributed by atoms with van der Waals surface area (Å²) in [6, 6.07) is 9.67. The van der Waals surface area contributed by atoms with Gasteiger partial charge in [-0.2, -0.15) is 0 Å². The van der Waals surface area contributed by atoms with E-state index in [4.69, 9.17) is 5.11 Å². The Labute approximate surface area is 118 Å². The molecule has 0 heterocycles. The van der Waals surface area contributed by atoms with Crippen LogP contribution in [-0.4, -0.2) is 17.0 Å². The van der Waals surface area contributed by atoms with Gasteiger partial charge in [0.05, 0.1) is 5.92 Å². The van der Waals surface area contributed by atoms with Gasteiger partial charge in [-0.05, 0) is 24.3 Å². The van der Waals surface area contributed by atoms with Gasteiger partial charge in [0.25, 0.3) is 0 Å². The van der Waals surface area contributed by atoms with Gasteiger partial charge >= 0.3 is 5.97 Å². The predicted molar refractivity (Wildman–Crippen MR) is 75.9 cm³/mol. The molecule has 0 fully saturated rings. The van der Waals surface area contributed by atoms with Crippen molar-refractivity contribution in [3.8, 4) is 0 Å². The molecule has 4 nitrogen and oxygen atoms in total. The van der Waals surface area contributed by atoms with Crippen LogP contribution in [0.25, 0.3) is 0 Å².